The third-order valence-electron chi connectivity index (χ3n) is 3.80. The van der Waals surface area contributed by atoms with Crippen LogP contribution in [0.3, 0.4) is 0 Å². The maximum Gasteiger partial charge on any atom is 0.232 e. The molecule has 1 aliphatic rings. The molecule has 1 amide bonds. The fourth-order valence-corrected chi connectivity index (χ4v) is 3.12. The zero-order valence-electron chi connectivity index (χ0n) is 11.5. The Hall–Kier alpha value is -1.61. The SMILES string of the molecule is Cc1cc(C)c2c(c1)C(Cc1ccc(Br)cc1)C(=O)N2. The Morgan fingerprint density at radius 3 is 2.55 bits per heavy atom. The Balaban J connectivity index is 1.96. The summed E-state index contributed by atoms with van der Waals surface area (Å²) in [6.07, 6.45) is 0.745. The number of carbonyl (C=O) groups is 1. The van der Waals surface area contributed by atoms with Gasteiger partial charge in [-0.05, 0) is 49.1 Å². The van der Waals surface area contributed by atoms with Gasteiger partial charge in [0.15, 0.2) is 0 Å². The van der Waals surface area contributed by atoms with Gasteiger partial charge < -0.3 is 5.32 Å². The van der Waals surface area contributed by atoms with Gasteiger partial charge in [0.2, 0.25) is 5.91 Å². The lowest BCUT2D eigenvalue weighted by molar-refractivity contribution is -0.117. The lowest BCUT2D eigenvalue weighted by Gasteiger charge is -2.10. The average molecular weight is 330 g/mol. The van der Waals surface area contributed by atoms with Gasteiger partial charge in [0.25, 0.3) is 0 Å². The van der Waals surface area contributed by atoms with Crippen LogP contribution < -0.4 is 5.32 Å². The zero-order valence-corrected chi connectivity index (χ0v) is 13.1. The van der Waals surface area contributed by atoms with Crippen LogP contribution in [-0.4, -0.2) is 5.91 Å². The van der Waals surface area contributed by atoms with Gasteiger partial charge in [-0.15, -0.1) is 0 Å². The van der Waals surface area contributed by atoms with Crippen molar-refractivity contribution in [3.05, 3.63) is 63.1 Å². The Kier molecular flexibility index (Phi) is 3.38. The Bertz CT molecular complexity index is 676. The summed E-state index contributed by atoms with van der Waals surface area (Å²) < 4.78 is 1.06. The Labute approximate surface area is 127 Å². The van der Waals surface area contributed by atoms with Gasteiger partial charge in [0.05, 0.1) is 5.92 Å². The standard InChI is InChI=1S/C17H16BrNO/c1-10-7-11(2)16-14(8-10)15(17(20)19-16)9-12-3-5-13(18)6-4-12/h3-8,15H,9H2,1-2H3,(H,19,20). The smallest absolute Gasteiger partial charge is 0.232 e. The molecule has 0 aromatic heterocycles. The summed E-state index contributed by atoms with van der Waals surface area (Å²) in [5.41, 5.74) is 5.67. The summed E-state index contributed by atoms with van der Waals surface area (Å²) in [6.45, 7) is 4.13. The van der Waals surface area contributed by atoms with Gasteiger partial charge in [0, 0.05) is 10.2 Å². The number of benzene rings is 2. The molecule has 3 heteroatoms. The molecule has 102 valence electrons. The molecule has 1 atom stereocenters. The molecule has 0 radical (unpaired) electrons. The second-order valence-corrected chi connectivity index (χ2v) is 6.33. The van der Waals surface area contributed by atoms with Crippen molar-refractivity contribution in [1.82, 2.24) is 0 Å². The summed E-state index contributed by atoms with van der Waals surface area (Å²) in [5, 5.41) is 3.03. The average Bonchev–Trinajstić information content (AvgIpc) is 2.70. The molecule has 0 spiro atoms. The van der Waals surface area contributed by atoms with E-state index in [0.29, 0.717) is 0 Å². The molecule has 0 bridgehead atoms. The van der Waals surface area contributed by atoms with Crippen molar-refractivity contribution in [3.63, 3.8) is 0 Å². The summed E-state index contributed by atoms with van der Waals surface area (Å²) >= 11 is 3.44. The number of fused-ring (bicyclic) bond motifs is 1. The topological polar surface area (TPSA) is 29.1 Å². The highest BCUT2D eigenvalue weighted by Crippen LogP contribution is 2.37. The van der Waals surface area contributed by atoms with E-state index in [1.54, 1.807) is 0 Å². The van der Waals surface area contributed by atoms with E-state index in [1.807, 2.05) is 19.1 Å². The quantitative estimate of drug-likeness (QED) is 0.872. The molecule has 2 aromatic carbocycles. The second kappa shape index (κ2) is 5.06. The minimum Gasteiger partial charge on any atom is -0.325 e. The number of hydrogen-bond donors (Lipinski definition) is 1. The number of aryl methyl sites for hydroxylation is 2. The van der Waals surface area contributed by atoms with E-state index >= 15 is 0 Å². The van der Waals surface area contributed by atoms with Crippen LogP contribution >= 0.6 is 15.9 Å². The highest BCUT2D eigenvalue weighted by Gasteiger charge is 2.31. The van der Waals surface area contributed by atoms with E-state index in [0.717, 1.165) is 27.7 Å². The van der Waals surface area contributed by atoms with E-state index < -0.39 is 0 Å². The predicted octanol–water partition coefficient (Wildman–Crippen LogP) is 4.34. The highest BCUT2D eigenvalue weighted by atomic mass is 79.9. The van der Waals surface area contributed by atoms with Crippen molar-refractivity contribution in [2.45, 2.75) is 26.2 Å². The first kappa shape index (κ1) is 13.4. The van der Waals surface area contributed by atoms with Crippen LogP contribution in [0, 0.1) is 13.8 Å². The molecule has 3 rings (SSSR count). The number of rotatable bonds is 2. The number of halogens is 1. The van der Waals surface area contributed by atoms with Crippen molar-refractivity contribution in [3.8, 4) is 0 Å². The summed E-state index contributed by atoms with van der Waals surface area (Å²) in [7, 11) is 0. The molecule has 0 fully saturated rings. The molecule has 1 unspecified atom stereocenters. The minimum atomic E-state index is -0.0789. The van der Waals surface area contributed by atoms with E-state index in [2.05, 4.69) is 52.4 Å². The van der Waals surface area contributed by atoms with Crippen LogP contribution in [-0.2, 0) is 11.2 Å². The third kappa shape index (κ3) is 2.38. The highest BCUT2D eigenvalue weighted by molar-refractivity contribution is 9.10. The lowest BCUT2D eigenvalue weighted by Crippen LogP contribution is -2.14. The molecular weight excluding hydrogens is 314 g/mol. The van der Waals surface area contributed by atoms with Gasteiger partial charge in [-0.25, -0.2) is 0 Å². The first-order chi connectivity index (χ1) is 9.54. The maximum atomic E-state index is 12.2. The van der Waals surface area contributed by atoms with Gasteiger partial charge in [-0.1, -0.05) is 45.8 Å². The lowest BCUT2D eigenvalue weighted by atomic mass is 9.91. The summed E-state index contributed by atoms with van der Waals surface area (Å²) in [4.78, 5) is 12.2. The van der Waals surface area contributed by atoms with E-state index in [9.17, 15) is 4.79 Å². The number of carbonyl (C=O) groups excluding carboxylic acids is 1. The fraction of sp³-hybridized carbons (Fsp3) is 0.235. The van der Waals surface area contributed by atoms with Crippen LogP contribution in [0.2, 0.25) is 0 Å². The van der Waals surface area contributed by atoms with Crippen molar-refractivity contribution < 1.29 is 4.79 Å². The number of hydrogen-bond acceptors (Lipinski definition) is 1. The molecule has 2 aromatic rings. The number of nitrogens with one attached hydrogen (secondary N) is 1. The van der Waals surface area contributed by atoms with Crippen LogP contribution in [0.1, 0.15) is 28.2 Å². The van der Waals surface area contributed by atoms with Crippen LogP contribution in [0.4, 0.5) is 5.69 Å². The Morgan fingerprint density at radius 1 is 1.15 bits per heavy atom. The van der Waals surface area contributed by atoms with Gasteiger partial charge >= 0.3 is 0 Å². The van der Waals surface area contributed by atoms with Crippen LogP contribution in [0.5, 0.6) is 0 Å². The minimum absolute atomic E-state index is 0.0789. The van der Waals surface area contributed by atoms with Crippen molar-refractivity contribution in [2.24, 2.45) is 0 Å². The molecule has 1 N–H and O–H groups in total. The molecule has 2 nitrogen and oxygen atoms in total. The fourth-order valence-electron chi connectivity index (χ4n) is 2.86. The largest absolute Gasteiger partial charge is 0.325 e. The van der Waals surface area contributed by atoms with E-state index in [1.165, 1.54) is 11.1 Å². The molecular formula is C17H16BrNO. The Morgan fingerprint density at radius 2 is 1.85 bits per heavy atom. The van der Waals surface area contributed by atoms with Gasteiger partial charge in [-0.3, -0.25) is 4.79 Å². The third-order valence-corrected chi connectivity index (χ3v) is 4.33. The zero-order chi connectivity index (χ0) is 14.3. The number of anilines is 1. The monoisotopic (exact) mass is 329 g/mol. The molecule has 1 heterocycles. The predicted molar refractivity (Wildman–Crippen MR) is 85.1 cm³/mol. The number of amides is 1. The summed E-state index contributed by atoms with van der Waals surface area (Å²) in [5.74, 6) is 0.0291. The van der Waals surface area contributed by atoms with Crippen molar-refractivity contribution in [1.29, 1.82) is 0 Å². The molecule has 0 saturated heterocycles. The second-order valence-electron chi connectivity index (χ2n) is 5.42. The molecule has 20 heavy (non-hydrogen) atoms. The van der Waals surface area contributed by atoms with Gasteiger partial charge in [0.1, 0.15) is 0 Å². The van der Waals surface area contributed by atoms with Crippen molar-refractivity contribution >= 4 is 27.5 Å². The van der Waals surface area contributed by atoms with Crippen molar-refractivity contribution in [2.75, 3.05) is 5.32 Å². The van der Waals surface area contributed by atoms with Gasteiger partial charge in [-0.2, -0.15) is 0 Å². The van der Waals surface area contributed by atoms with E-state index in [4.69, 9.17) is 0 Å². The summed E-state index contributed by atoms with van der Waals surface area (Å²) in [6, 6.07) is 12.4. The first-order valence-corrected chi connectivity index (χ1v) is 7.50. The maximum absolute atomic E-state index is 12.2. The van der Waals surface area contributed by atoms with E-state index in [-0.39, 0.29) is 11.8 Å². The normalized spacial score (nSPS) is 16.9. The van der Waals surface area contributed by atoms with Crippen LogP contribution in [0.25, 0.3) is 0 Å². The first-order valence-electron chi connectivity index (χ1n) is 6.71. The molecule has 0 aliphatic carbocycles. The van der Waals surface area contributed by atoms with Crippen LogP contribution in [0.15, 0.2) is 40.9 Å². The molecule has 0 saturated carbocycles. The molecule has 1 aliphatic heterocycles.